The summed E-state index contributed by atoms with van der Waals surface area (Å²) in [4.78, 5) is 8.25. The van der Waals surface area contributed by atoms with Crippen molar-refractivity contribution in [3.63, 3.8) is 0 Å². The molecule has 0 aliphatic heterocycles. The van der Waals surface area contributed by atoms with Crippen LogP contribution in [0.4, 0.5) is 10.2 Å². The van der Waals surface area contributed by atoms with E-state index in [1.807, 2.05) is 16.9 Å². The fraction of sp³-hybridized carbons (Fsp3) is 0.154. The van der Waals surface area contributed by atoms with Gasteiger partial charge in [0.1, 0.15) is 18.0 Å². The van der Waals surface area contributed by atoms with Crippen molar-refractivity contribution in [2.75, 3.05) is 11.9 Å². The van der Waals surface area contributed by atoms with Crippen molar-refractivity contribution in [1.82, 2.24) is 19.7 Å². The van der Waals surface area contributed by atoms with Gasteiger partial charge in [0.15, 0.2) is 0 Å². The molecule has 0 bridgehead atoms. The summed E-state index contributed by atoms with van der Waals surface area (Å²) in [6.45, 7) is 1.37. The molecule has 6 heteroatoms. The number of fused-ring (bicyclic) bond motifs is 1. The second-order valence-corrected chi connectivity index (χ2v) is 4.08. The number of nitrogens with zero attached hydrogens (tertiary/aromatic N) is 4. The second-order valence-electron chi connectivity index (χ2n) is 4.08. The van der Waals surface area contributed by atoms with Crippen LogP contribution in [0.25, 0.3) is 10.9 Å². The molecule has 0 atom stereocenters. The van der Waals surface area contributed by atoms with Crippen molar-refractivity contribution in [1.29, 1.82) is 0 Å². The summed E-state index contributed by atoms with van der Waals surface area (Å²) in [7, 11) is 0. The molecule has 0 spiro atoms. The van der Waals surface area contributed by atoms with E-state index in [9.17, 15) is 4.39 Å². The predicted molar refractivity (Wildman–Crippen MR) is 70.2 cm³/mol. The van der Waals surface area contributed by atoms with Gasteiger partial charge in [-0.15, -0.1) is 0 Å². The maximum atomic E-state index is 13.3. The SMILES string of the molecule is Fc1ccc2ncnc(NCCn3cccn3)c2c1. The van der Waals surface area contributed by atoms with Crippen molar-refractivity contribution in [3.05, 3.63) is 48.8 Å². The Balaban J connectivity index is 1.78. The molecule has 1 aromatic carbocycles. The minimum absolute atomic E-state index is 0.294. The number of aromatic nitrogens is 4. The van der Waals surface area contributed by atoms with Crippen LogP contribution in [0.1, 0.15) is 0 Å². The molecule has 19 heavy (non-hydrogen) atoms. The molecule has 0 aliphatic rings. The Hall–Kier alpha value is -2.50. The van der Waals surface area contributed by atoms with Gasteiger partial charge < -0.3 is 5.32 Å². The van der Waals surface area contributed by atoms with Crippen LogP contribution in [0.3, 0.4) is 0 Å². The zero-order valence-corrected chi connectivity index (χ0v) is 10.1. The number of rotatable bonds is 4. The summed E-state index contributed by atoms with van der Waals surface area (Å²) < 4.78 is 15.1. The van der Waals surface area contributed by atoms with Crippen LogP contribution in [0.2, 0.25) is 0 Å². The van der Waals surface area contributed by atoms with Crippen molar-refractivity contribution in [2.24, 2.45) is 0 Å². The van der Waals surface area contributed by atoms with Crippen LogP contribution in [0.5, 0.6) is 0 Å². The van der Waals surface area contributed by atoms with E-state index in [-0.39, 0.29) is 5.82 Å². The highest BCUT2D eigenvalue weighted by atomic mass is 19.1. The van der Waals surface area contributed by atoms with Crippen LogP contribution in [0.15, 0.2) is 43.0 Å². The maximum absolute atomic E-state index is 13.3. The Morgan fingerprint density at radius 2 is 2.21 bits per heavy atom. The summed E-state index contributed by atoms with van der Waals surface area (Å²) in [5.41, 5.74) is 0.720. The third-order valence-electron chi connectivity index (χ3n) is 2.79. The van der Waals surface area contributed by atoms with Gasteiger partial charge in [-0.25, -0.2) is 14.4 Å². The zero-order valence-electron chi connectivity index (χ0n) is 10.1. The van der Waals surface area contributed by atoms with Gasteiger partial charge in [0.25, 0.3) is 0 Å². The monoisotopic (exact) mass is 257 g/mol. The topological polar surface area (TPSA) is 55.6 Å². The molecule has 0 saturated carbocycles. The van der Waals surface area contributed by atoms with Gasteiger partial charge in [0, 0.05) is 24.3 Å². The minimum atomic E-state index is -0.294. The fourth-order valence-corrected chi connectivity index (χ4v) is 1.89. The fourth-order valence-electron chi connectivity index (χ4n) is 1.89. The average Bonchev–Trinajstić information content (AvgIpc) is 2.92. The molecule has 1 N–H and O–H groups in total. The standard InChI is InChI=1S/C13H12FN5/c14-10-2-3-12-11(8-10)13(17-9-16-12)15-5-7-19-6-1-4-18-19/h1-4,6,8-9H,5,7H2,(H,15,16,17). The Bertz CT molecular complexity index is 681. The molecule has 0 unspecified atom stereocenters. The number of benzene rings is 1. The van der Waals surface area contributed by atoms with Crippen LogP contribution in [-0.4, -0.2) is 26.3 Å². The van der Waals surface area contributed by atoms with E-state index in [2.05, 4.69) is 20.4 Å². The van der Waals surface area contributed by atoms with Crippen molar-refractivity contribution in [3.8, 4) is 0 Å². The first-order chi connectivity index (χ1) is 9.33. The predicted octanol–water partition coefficient (Wildman–Crippen LogP) is 2.08. The molecule has 0 amide bonds. The first-order valence-electron chi connectivity index (χ1n) is 5.94. The van der Waals surface area contributed by atoms with Gasteiger partial charge in [-0.1, -0.05) is 0 Å². The lowest BCUT2D eigenvalue weighted by Gasteiger charge is -2.08. The molecular formula is C13H12FN5. The lowest BCUT2D eigenvalue weighted by molar-refractivity contribution is 0.629. The number of hydrogen-bond acceptors (Lipinski definition) is 4. The maximum Gasteiger partial charge on any atom is 0.137 e. The first kappa shape index (κ1) is 11.6. The van der Waals surface area contributed by atoms with E-state index >= 15 is 0 Å². The smallest absolute Gasteiger partial charge is 0.137 e. The van der Waals surface area contributed by atoms with E-state index in [4.69, 9.17) is 0 Å². The number of halogens is 1. The lowest BCUT2D eigenvalue weighted by Crippen LogP contribution is -2.12. The van der Waals surface area contributed by atoms with E-state index in [0.29, 0.717) is 24.3 Å². The second kappa shape index (κ2) is 5.01. The van der Waals surface area contributed by atoms with Crippen LogP contribution in [0, 0.1) is 5.82 Å². The summed E-state index contributed by atoms with van der Waals surface area (Å²) in [6, 6.07) is 6.34. The molecular weight excluding hydrogens is 245 g/mol. The summed E-state index contributed by atoms with van der Waals surface area (Å²) >= 11 is 0. The van der Waals surface area contributed by atoms with Gasteiger partial charge in [-0.2, -0.15) is 5.10 Å². The first-order valence-corrected chi connectivity index (χ1v) is 5.94. The van der Waals surface area contributed by atoms with Gasteiger partial charge in [0.2, 0.25) is 0 Å². The highest BCUT2D eigenvalue weighted by Crippen LogP contribution is 2.19. The zero-order chi connectivity index (χ0) is 13.1. The summed E-state index contributed by atoms with van der Waals surface area (Å²) in [5.74, 6) is 0.342. The molecule has 5 nitrogen and oxygen atoms in total. The summed E-state index contributed by atoms with van der Waals surface area (Å²) in [5, 5.41) is 7.97. The highest BCUT2D eigenvalue weighted by molar-refractivity contribution is 5.88. The summed E-state index contributed by atoms with van der Waals surface area (Å²) in [6.07, 6.45) is 5.09. The van der Waals surface area contributed by atoms with E-state index in [1.165, 1.54) is 18.5 Å². The van der Waals surface area contributed by atoms with E-state index in [0.717, 1.165) is 5.52 Å². The van der Waals surface area contributed by atoms with Crippen LogP contribution >= 0.6 is 0 Å². The molecule has 0 fully saturated rings. The Labute approximate surface area is 109 Å². The number of nitrogens with one attached hydrogen (secondary N) is 1. The number of anilines is 1. The molecule has 2 aromatic heterocycles. The van der Waals surface area contributed by atoms with Gasteiger partial charge in [-0.3, -0.25) is 4.68 Å². The van der Waals surface area contributed by atoms with Crippen molar-refractivity contribution in [2.45, 2.75) is 6.54 Å². The lowest BCUT2D eigenvalue weighted by atomic mass is 10.2. The molecule has 3 aromatic rings. The molecule has 2 heterocycles. The minimum Gasteiger partial charge on any atom is -0.368 e. The third kappa shape index (κ3) is 2.52. The Kier molecular flexibility index (Phi) is 3.06. The third-order valence-corrected chi connectivity index (χ3v) is 2.79. The van der Waals surface area contributed by atoms with Crippen LogP contribution in [-0.2, 0) is 6.54 Å². The van der Waals surface area contributed by atoms with Crippen molar-refractivity contribution >= 4 is 16.7 Å². The molecule has 0 saturated heterocycles. The molecule has 3 rings (SSSR count). The van der Waals surface area contributed by atoms with Crippen LogP contribution < -0.4 is 5.32 Å². The van der Waals surface area contributed by atoms with Gasteiger partial charge in [-0.05, 0) is 24.3 Å². The normalized spacial score (nSPS) is 10.8. The van der Waals surface area contributed by atoms with Gasteiger partial charge >= 0.3 is 0 Å². The van der Waals surface area contributed by atoms with Gasteiger partial charge in [0.05, 0.1) is 12.1 Å². The largest absolute Gasteiger partial charge is 0.368 e. The molecule has 0 radical (unpaired) electrons. The number of hydrogen-bond donors (Lipinski definition) is 1. The average molecular weight is 257 g/mol. The quantitative estimate of drug-likeness (QED) is 0.777. The van der Waals surface area contributed by atoms with E-state index < -0.39 is 0 Å². The van der Waals surface area contributed by atoms with Crippen molar-refractivity contribution < 1.29 is 4.39 Å². The molecule has 0 aliphatic carbocycles. The molecule has 96 valence electrons. The van der Waals surface area contributed by atoms with E-state index in [1.54, 1.807) is 12.3 Å². The highest BCUT2D eigenvalue weighted by Gasteiger charge is 2.04. The Morgan fingerprint density at radius 3 is 3.05 bits per heavy atom. The Morgan fingerprint density at radius 1 is 1.26 bits per heavy atom.